The van der Waals surface area contributed by atoms with E-state index in [1.54, 1.807) is 0 Å². The van der Waals surface area contributed by atoms with Gasteiger partial charge in [-0.3, -0.25) is 0 Å². The molecule has 0 saturated carbocycles. The molecule has 0 saturated heterocycles. The molecule has 0 aliphatic carbocycles. The SMILES string of the molecule is CCc1cnn2c1NCCC2c1cccc(N)c1. The van der Waals surface area contributed by atoms with E-state index in [2.05, 4.69) is 28.1 Å². The van der Waals surface area contributed by atoms with Gasteiger partial charge in [-0.25, -0.2) is 4.68 Å². The third kappa shape index (κ3) is 1.74. The second-order valence-corrected chi connectivity index (χ2v) is 4.72. The second-order valence-electron chi connectivity index (χ2n) is 4.72. The third-order valence-corrected chi connectivity index (χ3v) is 3.55. The van der Waals surface area contributed by atoms with Gasteiger partial charge in [0.25, 0.3) is 0 Å². The Morgan fingerprint density at radius 2 is 2.39 bits per heavy atom. The van der Waals surface area contributed by atoms with Crippen LogP contribution < -0.4 is 11.1 Å². The predicted molar refractivity (Wildman–Crippen MR) is 73.7 cm³/mol. The zero-order valence-electron chi connectivity index (χ0n) is 10.6. The Morgan fingerprint density at radius 1 is 1.50 bits per heavy atom. The number of nitrogens with two attached hydrogens (primary N) is 1. The molecule has 0 amide bonds. The average Bonchev–Trinajstić information content (AvgIpc) is 2.81. The second kappa shape index (κ2) is 4.37. The number of anilines is 2. The number of hydrogen-bond acceptors (Lipinski definition) is 3. The molecule has 0 spiro atoms. The molecule has 0 radical (unpaired) electrons. The van der Waals surface area contributed by atoms with E-state index in [0.29, 0.717) is 6.04 Å². The number of benzene rings is 1. The average molecular weight is 242 g/mol. The molecule has 2 aromatic rings. The largest absolute Gasteiger partial charge is 0.399 e. The first-order valence-electron chi connectivity index (χ1n) is 6.45. The lowest BCUT2D eigenvalue weighted by Crippen LogP contribution is -2.24. The predicted octanol–water partition coefficient (Wildman–Crippen LogP) is 2.43. The minimum Gasteiger partial charge on any atom is -0.399 e. The summed E-state index contributed by atoms with van der Waals surface area (Å²) in [6.07, 6.45) is 4.01. The summed E-state index contributed by atoms with van der Waals surface area (Å²) in [5.41, 5.74) is 9.21. The number of hydrogen-bond donors (Lipinski definition) is 2. The molecule has 3 N–H and O–H groups in total. The van der Waals surface area contributed by atoms with Crippen LogP contribution in [0, 0.1) is 0 Å². The van der Waals surface area contributed by atoms with E-state index < -0.39 is 0 Å². The van der Waals surface area contributed by atoms with Crippen molar-refractivity contribution in [2.75, 3.05) is 17.6 Å². The Balaban J connectivity index is 2.03. The maximum Gasteiger partial charge on any atom is 0.128 e. The van der Waals surface area contributed by atoms with Gasteiger partial charge in [-0.15, -0.1) is 0 Å². The van der Waals surface area contributed by atoms with Gasteiger partial charge in [-0.2, -0.15) is 5.10 Å². The number of aryl methyl sites for hydroxylation is 1. The molecule has 3 rings (SSSR count). The summed E-state index contributed by atoms with van der Waals surface area (Å²) in [5.74, 6) is 1.16. The standard InChI is InChI=1S/C14H18N4/c1-2-10-9-17-18-13(6-7-16-14(10)18)11-4-3-5-12(15)8-11/h3-5,8-9,13,16H,2,6-7,15H2,1H3. The van der Waals surface area contributed by atoms with Gasteiger partial charge in [0, 0.05) is 17.8 Å². The summed E-state index contributed by atoms with van der Waals surface area (Å²) < 4.78 is 2.09. The number of aromatic nitrogens is 2. The number of fused-ring (bicyclic) bond motifs is 1. The van der Waals surface area contributed by atoms with Crippen LogP contribution in [0.1, 0.15) is 30.5 Å². The van der Waals surface area contributed by atoms with Crippen LogP contribution in [0.4, 0.5) is 11.5 Å². The monoisotopic (exact) mass is 242 g/mol. The van der Waals surface area contributed by atoms with Crippen LogP contribution in [0.25, 0.3) is 0 Å². The lowest BCUT2D eigenvalue weighted by atomic mass is 10.0. The first-order chi connectivity index (χ1) is 8.79. The lowest BCUT2D eigenvalue weighted by Gasteiger charge is -2.27. The molecule has 1 atom stereocenters. The van der Waals surface area contributed by atoms with Gasteiger partial charge in [-0.1, -0.05) is 19.1 Å². The molecule has 4 heteroatoms. The summed E-state index contributed by atoms with van der Waals surface area (Å²) in [6.45, 7) is 3.14. The van der Waals surface area contributed by atoms with E-state index in [1.807, 2.05) is 24.4 Å². The Morgan fingerprint density at radius 3 is 3.17 bits per heavy atom. The number of nitrogens with one attached hydrogen (secondary N) is 1. The van der Waals surface area contributed by atoms with Crippen molar-refractivity contribution in [3.63, 3.8) is 0 Å². The van der Waals surface area contributed by atoms with E-state index in [9.17, 15) is 0 Å². The first kappa shape index (κ1) is 11.1. The zero-order valence-corrected chi connectivity index (χ0v) is 10.6. The third-order valence-electron chi connectivity index (χ3n) is 3.55. The van der Waals surface area contributed by atoms with E-state index in [4.69, 9.17) is 5.73 Å². The maximum absolute atomic E-state index is 5.87. The number of nitrogen functional groups attached to an aromatic ring is 1. The molecule has 1 aliphatic heterocycles. The van der Waals surface area contributed by atoms with Crippen LogP contribution in [0.2, 0.25) is 0 Å². The van der Waals surface area contributed by atoms with Crippen molar-refractivity contribution in [1.82, 2.24) is 9.78 Å². The highest BCUT2D eigenvalue weighted by Crippen LogP contribution is 2.31. The fourth-order valence-corrected chi connectivity index (χ4v) is 2.61. The Bertz CT molecular complexity index is 559. The molecule has 1 unspecified atom stereocenters. The highest BCUT2D eigenvalue weighted by atomic mass is 15.4. The van der Waals surface area contributed by atoms with E-state index in [1.165, 1.54) is 11.1 Å². The highest BCUT2D eigenvalue weighted by molar-refractivity contribution is 5.48. The van der Waals surface area contributed by atoms with E-state index >= 15 is 0 Å². The van der Waals surface area contributed by atoms with Crippen LogP contribution in [0.15, 0.2) is 30.5 Å². The molecule has 1 aliphatic rings. The van der Waals surface area contributed by atoms with Crippen LogP contribution >= 0.6 is 0 Å². The summed E-state index contributed by atoms with van der Waals surface area (Å²) in [6, 6.07) is 8.41. The fraction of sp³-hybridized carbons (Fsp3) is 0.357. The molecule has 1 aromatic heterocycles. The number of nitrogens with zero attached hydrogens (tertiary/aromatic N) is 2. The Hall–Kier alpha value is -1.97. The quantitative estimate of drug-likeness (QED) is 0.795. The molecule has 0 fully saturated rings. The summed E-state index contributed by atoms with van der Waals surface area (Å²) in [7, 11) is 0. The van der Waals surface area contributed by atoms with Crippen molar-refractivity contribution < 1.29 is 0 Å². The normalized spacial score (nSPS) is 18.2. The maximum atomic E-state index is 5.87. The Kier molecular flexibility index (Phi) is 2.70. The highest BCUT2D eigenvalue weighted by Gasteiger charge is 2.23. The fourth-order valence-electron chi connectivity index (χ4n) is 2.61. The van der Waals surface area contributed by atoms with Crippen molar-refractivity contribution in [3.05, 3.63) is 41.6 Å². The zero-order chi connectivity index (χ0) is 12.5. The minimum absolute atomic E-state index is 0.296. The number of rotatable bonds is 2. The molecule has 2 heterocycles. The van der Waals surface area contributed by atoms with Crippen molar-refractivity contribution in [2.24, 2.45) is 0 Å². The van der Waals surface area contributed by atoms with Gasteiger partial charge >= 0.3 is 0 Å². The molecule has 94 valence electrons. The Labute approximate surface area is 107 Å². The molecule has 0 bridgehead atoms. The van der Waals surface area contributed by atoms with Crippen molar-refractivity contribution in [2.45, 2.75) is 25.8 Å². The smallest absolute Gasteiger partial charge is 0.128 e. The van der Waals surface area contributed by atoms with Crippen LogP contribution in [-0.4, -0.2) is 16.3 Å². The first-order valence-corrected chi connectivity index (χ1v) is 6.45. The topological polar surface area (TPSA) is 55.9 Å². The molecular weight excluding hydrogens is 224 g/mol. The van der Waals surface area contributed by atoms with Crippen molar-refractivity contribution in [3.8, 4) is 0 Å². The van der Waals surface area contributed by atoms with Gasteiger partial charge < -0.3 is 11.1 Å². The minimum atomic E-state index is 0.296. The summed E-state index contributed by atoms with van der Waals surface area (Å²) in [4.78, 5) is 0. The van der Waals surface area contributed by atoms with Gasteiger partial charge in [-0.05, 0) is 30.5 Å². The molecule has 1 aromatic carbocycles. The van der Waals surface area contributed by atoms with Crippen LogP contribution in [0.3, 0.4) is 0 Å². The van der Waals surface area contributed by atoms with Crippen molar-refractivity contribution in [1.29, 1.82) is 0 Å². The summed E-state index contributed by atoms with van der Waals surface area (Å²) in [5, 5.41) is 7.97. The van der Waals surface area contributed by atoms with Crippen LogP contribution in [0.5, 0.6) is 0 Å². The van der Waals surface area contributed by atoms with E-state index in [-0.39, 0.29) is 0 Å². The van der Waals surface area contributed by atoms with E-state index in [0.717, 1.165) is 30.9 Å². The summed E-state index contributed by atoms with van der Waals surface area (Å²) >= 11 is 0. The van der Waals surface area contributed by atoms with Gasteiger partial charge in [0.2, 0.25) is 0 Å². The molecule has 4 nitrogen and oxygen atoms in total. The van der Waals surface area contributed by atoms with Crippen LogP contribution in [-0.2, 0) is 6.42 Å². The molecule has 18 heavy (non-hydrogen) atoms. The van der Waals surface area contributed by atoms with Crippen molar-refractivity contribution >= 4 is 11.5 Å². The van der Waals surface area contributed by atoms with Gasteiger partial charge in [0.15, 0.2) is 0 Å². The molecular formula is C14H18N4. The lowest BCUT2D eigenvalue weighted by molar-refractivity contribution is 0.481. The van der Waals surface area contributed by atoms with Gasteiger partial charge in [0.1, 0.15) is 5.82 Å². The van der Waals surface area contributed by atoms with Gasteiger partial charge in [0.05, 0.1) is 12.2 Å².